The van der Waals surface area contributed by atoms with Crippen LogP contribution in [0.5, 0.6) is 5.75 Å². The van der Waals surface area contributed by atoms with Crippen molar-refractivity contribution in [2.45, 2.75) is 13.0 Å². The average molecular weight is 312 g/mol. The van der Waals surface area contributed by atoms with E-state index in [9.17, 15) is 9.59 Å². The Balaban J connectivity index is 1.87. The highest BCUT2D eigenvalue weighted by Crippen LogP contribution is 2.13. The van der Waals surface area contributed by atoms with Gasteiger partial charge in [-0.1, -0.05) is 24.3 Å². The maximum Gasteiger partial charge on any atom is 0.251 e. The fourth-order valence-corrected chi connectivity index (χ4v) is 2.15. The zero-order valence-corrected chi connectivity index (χ0v) is 13.3. The largest absolute Gasteiger partial charge is 0.497 e. The Kier molecular flexibility index (Phi) is 5.74. The molecular formula is C18H20N2O3. The summed E-state index contributed by atoms with van der Waals surface area (Å²) >= 11 is 0. The third-order valence-corrected chi connectivity index (χ3v) is 3.43. The third kappa shape index (κ3) is 4.85. The van der Waals surface area contributed by atoms with Gasteiger partial charge in [-0.3, -0.25) is 9.59 Å². The summed E-state index contributed by atoms with van der Waals surface area (Å²) < 4.78 is 5.14. The van der Waals surface area contributed by atoms with Crippen molar-refractivity contribution in [2.24, 2.45) is 0 Å². The molecule has 0 aliphatic carbocycles. The van der Waals surface area contributed by atoms with E-state index < -0.39 is 0 Å². The van der Waals surface area contributed by atoms with Crippen LogP contribution in [0.15, 0.2) is 48.5 Å². The Labute approximate surface area is 135 Å². The van der Waals surface area contributed by atoms with Crippen LogP contribution in [0.25, 0.3) is 0 Å². The van der Waals surface area contributed by atoms with Crippen LogP contribution in [0.1, 0.15) is 21.5 Å². The Bertz CT molecular complexity index is 681. The molecule has 120 valence electrons. The van der Waals surface area contributed by atoms with E-state index in [1.165, 1.54) is 0 Å². The van der Waals surface area contributed by atoms with Crippen LogP contribution in [-0.2, 0) is 17.8 Å². The summed E-state index contributed by atoms with van der Waals surface area (Å²) in [6, 6.07) is 14.6. The summed E-state index contributed by atoms with van der Waals surface area (Å²) in [5.74, 6) is 0.548. The molecule has 0 unspecified atom stereocenters. The van der Waals surface area contributed by atoms with Gasteiger partial charge in [0.25, 0.3) is 5.91 Å². The van der Waals surface area contributed by atoms with Crippen molar-refractivity contribution in [1.82, 2.24) is 10.6 Å². The summed E-state index contributed by atoms with van der Waals surface area (Å²) in [6.07, 6.45) is 0.299. The summed E-state index contributed by atoms with van der Waals surface area (Å²) in [5, 5.41) is 5.44. The van der Waals surface area contributed by atoms with Crippen molar-refractivity contribution >= 4 is 11.8 Å². The van der Waals surface area contributed by atoms with Crippen LogP contribution < -0.4 is 15.4 Å². The van der Waals surface area contributed by atoms with E-state index in [0.29, 0.717) is 18.5 Å². The van der Waals surface area contributed by atoms with Gasteiger partial charge < -0.3 is 15.4 Å². The lowest BCUT2D eigenvalue weighted by Gasteiger charge is -2.07. The Morgan fingerprint density at radius 3 is 2.43 bits per heavy atom. The first-order valence-corrected chi connectivity index (χ1v) is 7.33. The lowest BCUT2D eigenvalue weighted by atomic mass is 10.1. The molecular weight excluding hydrogens is 292 g/mol. The molecule has 2 aromatic rings. The first-order valence-electron chi connectivity index (χ1n) is 7.33. The lowest BCUT2D eigenvalue weighted by molar-refractivity contribution is -0.120. The van der Waals surface area contributed by atoms with Crippen LogP contribution in [0, 0.1) is 0 Å². The van der Waals surface area contributed by atoms with Crippen molar-refractivity contribution in [2.75, 3.05) is 14.2 Å². The average Bonchev–Trinajstić information content (AvgIpc) is 2.60. The maximum atomic E-state index is 12.0. The zero-order chi connectivity index (χ0) is 16.7. The minimum Gasteiger partial charge on any atom is -0.497 e. The molecule has 0 bridgehead atoms. The van der Waals surface area contributed by atoms with E-state index in [-0.39, 0.29) is 11.8 Å². The van der Waals surface area contributed by atoms with E-state index in [2.05, 4.69) is 10.6 Å². The predicted molar refractivity (Wildman–Crippen MR) is 88.4 cm³/mol. The van der Waals surface area contributed by atoms with Crippen molar-refractivity contribution in [1.29, 1.82) is 0 Å². The lowest BCUT2D eigenvalue weighted by Crippen LogP contribution is -2.24. The number of benzene rings is 2. The van der Waals surface area contributed by atoms with Gasteiger partial charge in [-0.2, -0.15) is 0 Å². The molecule has 2 aromatic carbocycles. The van der Waals surface area contributed by atoms with Gasteiger partial charge in [-0.05, 0) is 35.4 Å². The number of carbonyl (C=O) groups is 2. The summed E-state index contributed by atoms with van der Waals surface area (Å²) in [7, 11) is 3.19. The van der Waals surface area contributed by atoms with Gasteiger partial charge in [0, 0.05) is 19.2 Å². The molecule has 0 aromatic heterocycles. The minimum atomic E-state index is -0.126. The van der Waals surface area contributed by atoms with E-state index in [1.807, 2.05) is 36.4 Å². The van der Waals surface area contributed by atoms with Gasteiger partial charge in [-0.15, -0.1) is 0 Å². The highest BCUT2D eigenvalue weighted by atomic mass is 16.5. The molecule has 2 rings (SSSR count). The fraction of sp³-hybridized carbons (Fsp3) is 0.222. The minimum absolute atomic E-state index is 0.0615. The van der Waals surface area contributed by atoms with E-state index in [1.54, 1.807) is 26.3 Å². The fourth-order valence-electron chi connectivity index (χ4n) is 2.15. The number of hydrogen-bond acceptors (Lipinski definition) is 3. The number of carbonyl (C=O) groups excluding carboxylic acids is 2. The standard InChI is InChI=1S/C18H20N2O3/c1-19-18(22)15-8-6-13(7-9-15)12-20-17(21)11-14-4-3-5-16(10-14)23-2/h3-10H,11-12H2,1-2H3,(H,19,22)(H,20,21). The number of ether oxygens (including phenoxy) is 1. The summed E-state index contributed by atoms with van der Waals surface area (Å²) in [4.78, 5) is 23.4. The number of nitrogens with one attached hydrogen (secondary N) is 2. The first-order chi connectivity index (χ1) is 11.1. The predicted octanol–water partition coefficient (Wildman–Crippen LogP) is 1.91. The zero-order valence-electron chi connectivity index (χ0n) is 13.3. The van der Waals surface area contributed by atoms with Crippen molar-refractivity contribution in [3.05, 3.63) is 65.2 Å². The quantitative estimate of drug-likeness (QED) is 0.856. The first kappa shape index (κ1) is 16.5. The molecule has 2 amide bonds. The molecule has 0 atom stereocenters. The Morgan fingerprint density at radius 2 is 1.78 bits per heavy atom. The second kappa shape index (κ2) is 7.98. The van der Waals surface area contributed by atoms with Crippen molar-refractivity contribution in [3.63, 3.8) is 0 Å². The van der Waals surface area contributed by atoms with Crippen LogP contribution in [0.3, 0.4) is 0 Å². The van der Waals surface area contributed by atoms with E-state index >= 15 is 0 Å². The van der Waals surface area contributed by atoms with Crippen LogP contribution in [0.2, 0.25) is 0 Å². The van der Waals surface area contributed by atoms with Gasteiger partial charge in [0.05, 0.1) is 13.5 Å². The second-order valence-electron chi connectivity index (χ2n) is 5.08. The molecule has 0 aliphatic heterocycles. The van der Waals surface area contributed by atoms with Gasteiger partial charge >= 0.3 is 0 Å². The van der Waals surface area contributed by atoms with E-state index in [0.717, 1.165) is 16.9 Å². The third-order valence-electron chi connectivity index (χ3n) is 3.43. The normalized spacial score (nSPS) is 10.0. The number of methoxy groups -OCH3 is 1. The SMILES string of the molecule is CNC(=O)c1ccc(CNC(=O)Cc2cccc(OC)c2)cc1. The van der Waals surface area contributed by atoms with Gasteiger partial charge in [0.1, 0.15) is 5.75 Å². The molecule has 23 heavy (non-hydrogen) atoms. The molecule has 0 spiro atoms. The highest BCUT2D eigenvalue weighted by molar-refractivity contribution is 5.93. The monoisotopic (exact) mass is 312 g/mol. The van der Waals surface area contributed by atoms with Crippen LogP contribution in [0.4, 0.5) is 0 Å². The highest BCUT2D eigenvalue weighted by Gasteiger charge is 2.06. The maximum absolute atomic E-state index is 12.0. The van der Waals surface area contributed by atoms with Gasteiger partial charge in [0.2, 0.25) is 5.91 Å². The molecule has 5 nitrogen and oxygen atoms in total. The number of hydrogen-bond donors (Lipinski definition) is 2. The summed E-state index contributed by atoms with van der Waals surface area (Å²) in [5.41, 5.74) is 2.44. The van der Waals surface area contributed by atoms with Crippen LogP contribution >= 0.6 is 0 Å². The molecule has 0 radical (unpaired) electrons. The van der Waals surface area contributed by atoms with Gasteiger partial charge in [0.15, 0.2) is 0 Å². The molecule has 2 N–H and O–H groups in total. The van der Waals surface area contributed by atoms with Crippen molar-refractivity contribution in [3.8, 4) is 5.75 Å². The number of rotatable bonds is 6. The van der Waals surface area contributed by atoms with Crippen LogP contribution in [-0.4, -0.2) is 26.0 Å². The molecule has 0 heterocycles. The second-order valence-corrected chi connectivity index (χ2v) is 5.08. The Hall–Kier alpha value is -2.82. The molecule has 0 aliphatic rings. The number of amides is 2. The molecule has 0 saturated carbocycles. The van der Waals surface area contributed by atoms with Crippen molar-refractivity contribution < 1.29 is 14.3 Å². The van der Waals surface area contributed by atoms with Gasteiger partial charge in [-0.25, -0.2) is 0 Å². The molecule has 5 heteroatoms. The summed E-state index contributed by atoms with van der Waals surface area (Å²) in [6.45, 7) is 0.427. The smallest absolute Gasteiger partial charge is 0.251 e. The molecule has 0 fully saturated rings. The molecule has 0 saturated heterocycles. The van der Waals surface area contributed by atoms with E-state index in [4.69, 9.17) is 4.74 Å². The Morgan fingerprint density at radius 1 is 1.04 bits per heavy atom. The topological polar surface area (TPSA) is 67.4 Å².